The van der Waals surface area contributed by atoms with E-state index in [0.29, 0.717) is 6.42 Å². The average molecular weight is 249 g/mol. The van der Waals surface area contributed by atoms with Gasteiger partial charge in [-0.15, -0.1) is 0 Å². The van der Waals surface area contributed by atoms with Gasteiger partial charge in [-0.1, -0.05) is 13.0 Å². The summed E-state index contributed by atoms with van der Waals surface area (Å²) in [6.07, 6.45) is 0.236. The Labute approximate surface area is 110 Å². The number of hydrogen-bond acceptors (Lipinski definition) is 2. The van der Waals surface area contributed by atoms with Crippen LogP contribution in [-0.2, 0) is 4.79 Å². The van der Waals surface area contributed by atoms with Crippen molar-refractivity contribution in [1.82, 2.24) is 5.32 Å². The van der Waals surface area contributed by atoms with E-state index >= 15 is 0 Å². The SMILES string of the molecule is CC[C@@H](Oc1ccc(C)c(C)c1)C(=O)NC(C)C. The lowest BCUT2D eigenvalue weighted by atomic mass is 10.1. The smallest absolute Gasteiger partial charge is 0.261 e. The van der Waals surface area contributed by atoms with Gasteiger partial charge < -0.3 is 10.1 Å². The molecule has 0 spiro atoms. The largest absolute Gasteiger partial charge is 0.481 e. The third-order valence-electron chi connectivity index (χ3n) is 2.85. The Morgan fingerprint density at radius 3 is 2.44 bits per heavy atom. The van der Waals surface area contributed by atoms with E-state index in [1.54, 1.807) is 0 Å². The summed E-state index contributed by atoms with van der Waals surface area (Å²) in [5.74, 6) is 0.703. The van der Waals surface area contributed by atoms with E-state index in [9.17, 15) is 4.79 Å². The molecule has 0 aliphatic carbocycles. The van der Waals surface area contributed by atoms with Crippen molar-refractivity contribution in [3.05, 3.63) is 29.3 Å². The van der Waals surface area contributed by atoms with E-state index in [4.69, 9.17) is 4.74 Å². The number of benzene rings is 1. The molecule has 1 atom stereocenters. The molecule has 3 nitrogen and oxygen atoms in total. The minimum Gasteiger partial charge on any atom is -0.481 e. The number of carbonyl (C=O) groups excluding carboxylic acids is 1. The van der Waals surface area contributed by atoms with Crippen LogP contribution in [0.25, 0.3) is 0 Å². The maximum atomic E-state index is 11.9. The molecular formula is C15H23NO2. The zero-order valence-electron chi connectivity index (χ0n) is 11.9. The number of nitrogens with one attached hydrogen (secondary N) is 1. The van der Waals surface area contributed by atoms with Crippen LogP contribution in [0.1, 0.15) is 38.3 Å². The van der Waals surface area contributed by atoms with Crippen molar-refractivity contribution in [3.8, 4) is 5.75 Å². The average Bonchev–Trinajstić information content (AvgIpc) is 2.29. The van der Waals surface area contributed by atoms with E-state index in [-0.39, 0.29) is 11.9 Å². The lowest BCUT2D eigenvalue weighted by molar-refractivity contribution is -0.128. The first-order valence-electron chi connectivity index (χ1n) is 6.48. The van der Waals surface area contributed by atoms with Crippen molar-refractivity contribution in [2.24, 2.45) is 0 Å². The molecule has 3 heteroatoms. The van der Waals surface area contributed by atoms with Gasteiger partial charge in [-0.25, -0.2) is 0 Å². The highest BCUT2D eigenvalue weighted by Crippen LogP contribution is 2.18. The number of carbonyl (C=O) groups is 1. The van der Waals surface area contributed by atoms with Crippen LogP contribution in [0.5, 0.6) is 5.75 Å². The Morgan fingerprint density at radius 2 is 1.94 bits per heavy atom. The Balaban J connectivity index is 2.73. The predicted molar refractivity (Wildman–Crippen MR) is 73.9 cm³/mol. The Kier molecular flexibility index (Phi) is 5.20. The molecule has 0 bridgehead atoms. The zero-order valence-corrected chi connectivity index (χ0v) is 11.9. The summed E-state index contributed by atoms with van der Waals surface area (Å²) in [7, 11) is 0. The fraction of sp³-hybridized carbons (Fsp3) is 0.533. The van der Waals surface area contributed by atoms with E-state index < -0.39 is 6.10 Å². The van der Waals surface area contributed by atoms with Crippen molar-refractivity contribution < 1.29 is 9.53 Å². The minimum atomic E-state index is -0.422. The molecule has 0 saturated heterocycles. The molecule has 18 heavy (non-hydrogen) atoms. The first-order chi connectivity index (χ1) is 8.43. The van der Waals surface area contributed by atoms with Gasteiger partial charge in [0.1, 0.15) is 5.75 Å². The molecule has 0 saturated carbocycles. The molecule has 0 aliphatic rings. The molecule has 1 aromatic rings. The van der Waals surface area contributed by atoms with E-state index in [0.717, 1.165) is 5.75 Å². The van der Waals surface area contributed by atoms with Gasteiger partial charge in [0, 0.05) is 6.04 Å². The third kappa shape index (κ3) is 4.06. The molecule has 0 aliphatic heterocycles. The number of aryl methyl sites for hydroxylation is 2. The highest BCUT2D eigenvalue weighted by molar-refractivity contribution is 5.81. The van der Waals surface area contributed by atoms with E-state index in [2.05, 4.69) is 12.2 Å². The zero-order chi connectivity index (χ0) is 13.7. The first-order valence-corrected chi connectivity index (χ1v) is 6.48. The lowest BCUT2D eigenvalue weighted by Gasteiger charge is -2.19. The molecular weight excluding hydrogens is 226 g/mol. The fourth-order valence-electron chi connectivity index (χ4n) is 1.65. The molecule has 0 heterocycles. The second-order valence-electron chi connectivity index (χ2n) is 4.92. The topological polar surface area (TPSA) is 38.3 Å². The molecule has 1 aromatic carbocycles. The van der Waals surface area contributed by atoms with Crippen molar-refractivity contribution in [2.45, 2.75) is 53.2 Å². The van der Waals surface area contributed by atoms with Gasteiger partial charge in [-0.2, -0.15) is 0 Å². The maximum absolute atomic E-state index is 11.9. The molecule has 1 N–H and O–H groups in total. The normalized spacial score (nSPS) is 12.3. The van der Waals surface area contributed by atoms with Crippen LogP contribution in [0.3, 0.4) is 0 Å². The van der Waals surface area contributed by atoms with Gasteiger partial charge in [0.2, 0.25) is 0 Å². The third-order valence-corrected chi connectivity index (χ3v) is 2.85. The fourth-order valence-corrected chi connectivity index (χ4v) is 1.65. The molecule has 0 aromatic heterocycles. The Bertz CT molecular complexity index is 413. The number of hydrogen-bond donors (Lipinski definition) is 1. The molecule has 1 rings (SSSR count). The molecule has 0 fully saturated rings. The lowest BCUT2D eigenvalue weighted by Crippen LogP contribution is -2.41. The standard InChI is InChI=1S/C15H23NO2/c1-6-14(15(17)16-10(2)3)18-13-8-7-11(4)12(5)9-13/h7-10,14H,6H2,1-5H3,(H,16,17)/t14-/m1/s1. The van der Waals surface area contributed by atoms with Crippen LogP contribution >= 0.6 is 0 Å². The maximum Gasteiger partial charge on any atom is 0.261 e. The summed E-state index contributed by atoms with van der Waals surface area (Å²) in [4.78, 5) is 11.9. The van der Waals surface area contributed by atoms with Crippen molar-refractivity contribution >= 4 is 5.91 Å². The van der Waals surface area contributed by atoms with Gasteiger partial charge in [0.15, 0.2) is 6.10 Å². The highest BCUT2D eigenvalue weighted by Gasteiger charge is 2.18. The first kappa shape index (κ1) is 14.6. The quantitative estimate of drug-likeness (QED) is 0.871. The predicted octanol–water partition coefficient (Wildman–Crippen LogP) is 2.99. The Morgan fingerprint density at radius 1 is 1.28 bits per heavy atom. The van der Waals surface area contributed by atoms with Gasteiger partial charge in [-0.3, -0.25) is 4.79 Å². The summed E-state index contributed by atoms with van der Waals surface area (Å²) in [6, 6.07) is 6.03. The molecule has 100 valence electrons. The Hall–Kier alpha value is -1.51. The number of ether oxygens (including phenoxy) is 1. The molecule has 1 amide bonds. The second kappa shape index (κ2) is 6.43. The van der Waals surface area contributed by atoms with Crippen LogP contribution in [0.4, 0.5) is 0 Å². The van der Waals surface area contributed by atoms with Crippen molar-refractivity contribution in [1.29, 1.82) is 0 Å². The van der Waals surface area contributed by atoms with Crippen molar-refractivity contribution in [2.75, 3.05) is 0 Å². The van der Waals surface area contributed by atoms with Crippen LogP contribution in [-0.4, -0.2) is 18.1 Å². The van der Waals surface area contributed by atoms with Crippen LogP contribution in [0.15, 0.2) is 18.2 Å². The molecule has 0 radical (unpaired) electrons. The van der Waals surface area contributed by atoms with Crippen molar-refractivity contribution in [3.63, 3.8) is 0 Å². The van der Waals surface area contributed by atoms with Gasteiger partial charge in [0.05, 0.1) is 0 Å². The van der Waals surface area contributed by atoms with Crippen LogP contribution in [0, 0.1) is 13.8 Å². The monoisotopic (exact) mass is 249 g/mol. The van der Waals surface area contributed by atoms with Gasteiger partial charge in [-0.05, 0) is 57.4 Å². The number of amides is 1. The summed E-state index contributed by atoms with van der Waals surface area (Å²) in [5.41, 5.74) is 2.40. The second-order valence-corrected chi connectivity index (χ2v) is 4.92. The van der Waals surface area contributed by atoms with Gasteiger partial charge >= 0.3 is 0 Å². The summed E-state index contributed by atoms with van der Waals surface area (Å²) in [6.45, 7) is 9.94. The van der Waals surface area contributed by atoms with E-state index in [1.807, 2.05) is 45.9 Å². The summed E-state index contributed by atoms with van der Waals surface area (Å²) >= 11 is 0. The summed E-state index contributed by atoms with van der Waals surface area (Å²) < 4.78 is 5.75. The molecule has 0 unspecified atom stereocenters. The van der Waals surface area contributed by atoms with Gasteiger partial charge in [0.25, 0.3) is 5.91 Å². The summed E-state index contributed by atoms with van der Waals surface area (Å²) in [5, 5.41) is 2.88. The highest BCUT2D eigenvalue weighted by atomic mass is 16.5. The van der Waals surface area contributed by atoms with E-state index in [1.165, 1.54) is 11.1 Å². The minimum absolute atomic E-state index is 0.0503. The van der Waals surface area contributed by atoms with Crippen LogP contribution in [0.2, 0.25) is 0 Å². The number of rotatable bonds is 5. The van der Waals surface area contributed by atoms with Crippen LogP contribution < -0.4 is 10.1 Å².